The Labute approximate surface area is 178 Å². The number of rotatable bonds is 7. The molecule has 146 valence electrons. The molecule has 1 N–H and O–H groups in total. The molecular weight excluding hydrogens is 415 g/mol. The van der Waals surface area contributed by atoms with E-state index >= 15 is 0 Å². The fourth-order valence-corrected chi connectivity index (χ4v) is 3.93. The third kappa shape index (κ3) is 5.47. The average Bonchev–Trinajstić information content (AvgIpc) is 3.08. The topological polar surface area (TPSA) is 51.2 Å². The van der Waals surface area contributed by atoms with Crippen molar-refractivity contribution >= 4 is 45.6 Å². The number of carbonyl (C=O) groups is 1. The lowest BCUT2D eigenvalue weighted by molar-refractivity contribution is -0.116. The molecule has 0 atom stereocenters. The van der Waals surface area contributed by atoms with E-state index in [-0.39, 0.29) is 5.91 Å². The monoisotopic (exact) mass is 434 g/mol. The first-order chi connectivity index (χ1) is 13.4. The molecule has 4 nitrogen and oxygen atoms in total. The number of amides is 1. The van der Waals surface area contributed by atoms with Gasteiger partial charge >= 0.3 is 0 Å². The molecule has 0 saturated heterocycles. The van der Waals surface area contributed by atoms with Gasteiger partial charge in [-0.1, -0.05) is 47.0 Å². The van der Waals surface area contributed by atoms with Crippen molar-refractivity contribution in [1.82, 2.24) is 4.98 Å². The maximum absolute atomic E-state index is 12.1. The number of thiazole rings is 1. The van der Waals surface area contributed by atoms with E-state index in [1.54, 1.807) is 18.2 Å². The number of halogens is 2. The first-order valence-corrected chi connectivity index (χ1v) is 10.5. The SMILES string of the molecule is Cc1ccc(-c2csc(NC(=O)CCCOc3ccc(Cl)cc3Cl)n2)c(C)c1. The lowest BCUT2D eigenvalue weighted by Gasteiger charge is -2.08. The van der Waals surface area contributed by atoms with Crippen molar-refractivity contribution in [1.29, 1.82) is 0 Å². The van der Waals surface area contributed by atoms with E-state index in [9.17, 15) is 4.79 Å². The van der Waals surface area contributed by atoms with Crippen molar-refractivity contribution < 1.29 is 9.53 Å². The molecule has 0 aliphatic rings. The predicted molar refractivity (Wildman–Crippen MR) is 117 cm³/mol. The van der Waals surface area contributed by atoms with Crippen molar-refractivity contribution in [2.45, 2.75) is 26.7 Å². The Morgan fingerprint density at radius 2 is 2.00 bits per heavy atom. The number of carbonyl (C=O) groups excluding carboxylic acids is 1. The third-order valence-corrected chi connectivity index (χ3v) is 5.40. The van der Waals surface area contributed by atoms with Gasteiger partial charge in [0.2, 0.25) is 5.91 Å². The second kappa shape index (κ2) is 9.41. The Morgan fingerprint density at radius 3 is 2.75 bits per heavy atom. The van der Waals surface area contributed by atoms with Gasteiger partial charge in [0, 0.05) is 22.4 Å². The second-order valence-electron chi connectivity index (χ2n) is 6.43. The molecule has 0 fully saturated rings. The molecule has 0 spiro atoms. The summed E-state index contributed by atoms with van der Waals surface area (Å²) in [5, 5.41) is 6.42. The molecule has 0 radical (unpaired) electrons. The maximum Gasteiger partial charge on any atom is 0.226 e. The van der Waals surface area contributed by atoms with E-state index in [4.69, 9.17) is 27.9 Å². The van der Waals surface area contributed by atoms with Crippen molar-refractivity contribution in [2.75, 3.05) is 11.9 Å². The summed E-state index contributed by atoms with van der Waals surface area (Å²) in [4.78, 5) is 16.7. The fourth-order valence-electron chi connectivity index (χ4n) is 2.74. The summed E-state index contributed by atoms with van der Waals surface area (Å²) >= 11 is 13.3. The number of anilines is 1. The van der Waals surface area contributed by atoms with Crippen LogP contribution in [0.5, 0.6) is 5.75 Å². The zero-order valence-electron chi connectivity index (χ0n) is 15.6. The van der Waals surface area contributed by atoms with Crippen LogP contribution in [0.1, 0.15) is 24.0 Å². The normalized spacial score (nSPS) is 10.7. The van der Waals surface area contributed by atoms with Gasteiger partial charge in [-0.25, -0.2) is 4.98 Å². The first-order valence-electron chi connectivity index (χ1n) is 8.83. The summed E-state index contributed by atoms with van der Waals surface area (Å²) in [6.45, 7) is 4.52. The van der Waals surface area contributed by atoms with Gasteiger partial charge in [-0.2, -0.15) is 0 Å². The van der Waals surface area contributed by atoms with Crippen LogP contribution >= 0.6 is 34.5 Å². The van der Waals surface area contributed by atoms with Crippen LogP contribution in [0, 0.1) is 13.8 Å². The number of nitrogens with one attached hydrogen (secondary N) is 1. The highest BCUT2D eigenvalue weighted by Crippen LogP contribution is 2.29. The Hall–Kier alpha value is -2.08. The smallest absolute Gasteiger partial charge is 0.226 e. The average molecular weight is 435 g/mol. The molecule has 0 aliphatic carbocycles. The number of aromatic nitrogens is 1. The van der Waals surface area contributed by atoms with Crippen LogP contribution in [-0.2, 0) is 4.79 Å². The Balaban J connectivity index is 1.48. The zero-order valence-corrected chi connectivity index (χ0v) is 17.9. The summed E-state index contributed by atoms with van der Waals surface area (Å²) in [6.07, 6.45) is 0.907. The van der Waals surface area contributed by atoms with E-state index in [0.717, 1.165) is 11.3 Å². The minimum absolute atomic E-state index is 0.0904. The van der Waals surface area contributed by atoms with Crippen LogP contribution < -0.4 is 10.1 Å². The highest BCUT2D eigenvalue weighted by molar-refractivity contribution is 7.14. The van der Waals surface area contributed by atoms with Gasteiger partial charge in [-0.05, 0) is 44.0 Å². The van der Waals surface area contributed by atoms with E-state index in [0.29, 0.717) is 40.4 Å². The number of hydrogen-bond donors (Lipinski definition) is 1. The van der Waals surface area contributed by atoms with Crippen molar-refractivity contribution in [3.63, 3.8) is 0 Å². The molecule has 0 bridgehead atoms. The van der Waals surface area contributed by atoms with E-state index in [1.165, 1.54) is 22.5 Å². The van der Waals surface area contributed by atoms with Gasteiger partial charge in [0.15, 0.2) is 5.13 Å². The minimum atomic E-state index is -0.0904. The Kier molecular flexibility index (Phi) is 6.94. The van der Waals surface area contributed by atoms with Crippen LogP contribution in [-0.4, -0.2) is 17.5 Å². The summed E-state index contributed by atoms with van der Waals surface area (Å²) < 4.78 is 5.59. The zero-order chi connectivity index (χ0) is 20.1. The van der Waals surface area contributed by atoms with Crippen LogP contribution in [0.3, 0.4) is 0 Å². The quantitative estimate of drug-likeness (QED) is 0.429. The largest absolute Gasteiger partial charge is 0.492 e. The Morgan fingerprint density at radius 1 is 1.18 bits per heavy atom. The molecule has 1 amide bonds. The van der Waals surface area contributed by atoms with Gasteiger partial charge in [-0.3, -0.25) is 4.79 Å². The molecule has 0 aliphatic heterocycles. The molecule has 1 aromatic heterocycles. The lowest BCUT2D eigenvalue weighted by atomic mass is 10.0. The number of ether oxygens (including phenoxy) is 1. The summed E-state index contributed by atoms with van der Waals surface area (Å²) in [5.74, 6) is 0.469. The highest BCUT2D eigenvalue weighted by Gasteiger charge is 2.10. The highest BCUT2D eigenvalue weighted by atomic mass is 35.5. The van der Waals surface area contributed by atoms with Crippen LogP contribution in [0.15, 0.2) is 41.8 Å². The van der Waals surface area contributed by atoms with Gasteiger partial charge in [0.25, 0.3) is 0 Å². The molecule has 2 aromatic carbocycles. The number of aryl methyl sites for hydroxylation is 2. The van der Waals surface area contributed by atoms with E-state index in [1.807, 2.05) is 5.38 Å². The summed E-state index contributed by atoms with van der Waals surface area (Å²) in [6, 6.07) is 11.3. The summed E-state index contributed by atoms with van der Waals surface area (Å²) in [7, 11) is 0. The van der Waals surface area contributed by atoms with Crippen LogP contribution in [0.25, 0.3) is 11.3 Å². The minimum Gasteiger partial charge on any atom is -0.492 e. The van der Waals surface area contributed by atoms with Gasteiger partial charge in [0.05, 0.1) is 17.3 Å². The molecule has 28 heavy (non-hydrogen) atoms. The van der Waals surface area contributed by atoms with Crippen molar-refractivity contribution in [3.8, 4) is 17.0 Å². The first kappa shape index (κ1) is 20.6. The fraction of sp³-hybridized carbons (Fsp3) is 0.238. The molecule has 3 aromatic rings. The molecule has 0 unspecified atom stereocenters. The second-order valence-corrected chi connectivity index (χ2v) is 8.13. The van der Waals surface area contributed by atoms with Gasteiger partial charge < -0.3 is 10.1 Å². The standard InChI is InChI=1S/C21H20Cl2N2O2S/c1-13-5-7-16(14(2)10-13)18-12-28-21(24-18)25-20(26)4-3-9-27-19-8-6-15(22)11-17(19)23/h5-8,10-12H,3-4,9H2,1-2H3,(H,24,25,26). The summed E-state index contributed by atoms with van der Waals surface area (Å²) in [5.41, 5.74) is 4.34. The van der Waals surface area contributed by atoms with E-state index < -0.39 is 0 Å². The van der Waals surface area contributed by atoms with Crippen LogP contribution in [0.4, 0.5) is 5.13 Å². The van der Waals surface area contributed by atoms with Crippen LogP contribution in [0.2, 0.25) is 10.0 Å². The third-order valence-electron chi connectivity index (χ3n) is 4.11. The van der Waals surface area contributed by atoms with Gasteiger partial charge in [-0.15, -0.1) is 11.3 Å². The molecular formula is C21H20Cl2N2O2S. The molecule has 3 rings (SSSR count). The molecule has 7 heteroatoms. The number of benzene rings is 2. The maximum atomic E-state index is 12.1. The number of hydrogen-bond acceptors (Lipinski definition) is 4. The number of nitrogens with zero attached hydrogens (tertiary/aromatic N) is 1. The van der Waals surface area contributed by atoms with Gasteiger partial charge in [0.1, 0.15) is 5.75 Å². The molecule has 0 saturated carbocycles. The molecule has 1 heterocycles. The lowest BCUT2D eigenvalue weighted by Crippen LogP contribution is -2.12. The van der Waals surface area contributed by atoms with Crippen molar-refractivity contribution in [2.24, 2.45) is 0 Å². The van der Waals surface area contributed by atoms with Crippen molar-refractivity contribution in [3.05, 3.63) is 63.0 Å². The van der Waals surface area contributed by atoms with E-state index in [2.05, 4.69) is 42.3 Å². The Bertz CT molecular complexity index is 988. The predicted octanol–water partition coefficient (Wildman–Crippen LogP) is 6.53.